The fraction of sp³-hybridized carbons (Fsp3) is 0.156. The largest absolute Gasteiger partial charge is 0.478 e. The number of carbonyl (C=O) groups excluding carboxylic acids is 1. The molecule has 45 heavy (non-hydrogen) atoms. The highest BCUT2D eigenvalue weighted by atomic mass is 19.2. The first-order valence-corrected chi connectivity index (χ1v) is 13.7. The number of piperazine rings is 1. The molecule has 1 fully saturated rings. The summed E-state index contributed by atoms with van der Waals surface area (Å²) in [5, 5.41) is 22.0. The van der Waals surface area contributed by atoms with Crippen LogP contribution in [0.25, 0.3) is 22.0 Å². The van der Waals surface area contributed by atoms with Crippen LogP contribution in [0.5, 0.6) is 0 Å². The zero-order valence-electron chi connectivity index (χ0n) is 24.2. The van der Waals surface area contributed by atoms with Crippen molar-refractivity contribution < 1.29 is 33.4 Å². The SMILES string of the molecule is C=CC(=O)Nc1cccc(-c2cccc3cnc(Nc4ccc(N5CCN(C)CC5)c(F)c4F)nc23)c1.O=C(O)/C=C\C(=O)O. The Hall–Kier alpha value is -5.69. The Balaban J connectivity index is 0.000000510. The maximum atomic E-state index is 15.0. The molecule has 3 aromatic carbocycles. The van der Waals surface area contributed by atoms with Crippen LogP contribution < -0.4 is 15.5 Å². The number of amides is 1. The van der Waals surface area contributed by atoms with E-state index >= 15 is 4.39 Å². The molecular weight excluding hydrogens is 586 g/mol. The number of benzene rings is 3. The molecular formula is C32H30F2N6O5. The van der Waals surface area contributed by atoms with Crippen LogP contribution in [0.4, 0.5) is 31.8 Å². The highest BCUT2D eigenvalue weighted by Crippen LogP contribution is 2.32. The standard InChI is InChI=1S/C28H26F2N6O.C4H4O4/c1-3-24(37)32-20-8-4-6-18(16-20)21-9-5-7-19-17-31-28(34-27(19)21)33-22-10-11-23(26(30)25(22)29)36-14-12-35(2)13-15-36;5-3(6)1-2-4(7)8/h3-11,16-17H,1,12-15H2,2H3,(H,32,37)(H,31,33,34);1-2H,(H,5,6)(H,7,8)/b;2-1-. The molecule has 4 aromatic rings. The van der Waals surface area contributed by atoms with E-state index in [1.165, 1.54) is 12.1 Å². The molecule has 0 bridgehead atoms. The van der Waals surface area contributed by atoms with E-state index in [9.17, 15) is 18.8 Å². The Kier molecular flexibility index (Phi) is 10.5. The van der Waals surface area contributed by atoms with Crippen molar-refractivity contribution in [3.63, 3.8) is 0 Å². The van der Waals surface area contributed by atoms with Gasteiger partial charge in [0.15, 0.2) is 11.6 Å². The summed E-state index contributed by atoms with van der Waals surface area (Å²) < 4.78 is 30.0. The van der Waals surface area contributed by atoms with Crippen LogP contribution in [-0.4, -0.2) is 76.2 Å². The summed E-state index contributed by atoms with van der Waals surface area (Å²) in [6.07, 6.45) is 3.95. The van der Waals surface area contributed by atoms with Crippen LogP contribution >= 0.6 is 0 Å². The summed E-state index contributed by atoms with van der Waals surface area (Å²) in [4.78, 5) is 43.7. The van der Waals surface area contributed by atoms with E-state index in [0.717, 1.165) is 29.6 Å². The molecule has 0 radical (unpaired) electrons. The van der Waals surface area contributed by atoms with E-state index in [-0.39, 0.29) is 23.2 Å². The van der Waals surface area contributed by atoms with E-state index in [4.69, 9.17) is 10.2 Å². The van der Waals surface area contributed by atoms with Gasteiger partial charge in [-0.05, 0) is 43.0 Å². The molecule has 0 spiro atoms. The van der Waals surface area contributed by atoms with E-state index in [1.807, 2.05) is 48.3 Å². The van der Waals surface area contributed by atoms with Gasteiger partial charge in [-0.25, -0.2) is 28.3 Å². The molecule has 1 amide bonds. The number of halogens is 2. The van der Waals surface area contributed by atoms with Gasteiger partial charge in [0.05, 0.1) is 16.9 Å². The van der Waals surface area contributed by atoms with Crippen molar-refractivity contribution in [1.82, 2.24) is 14.9 Å². The summed E-state index contributed by atoms with van der Waals surface area (Å²) in [5.74, 6) is -4.55. The van der Waals surface area contributed by atoms with Crippen LogP contribution in [0.3, 0.4) is 0 Å². The number of hydrogen-bond acceptors (Lipinski definition) is 8. The topological polar surface area (TPSA) is 148 Å². The van der Waals surface area contributed by atoms with Gasteiger partial charge in [0.2, 0.25) is 11.9 Å². The Morgan fingerprint density at radius 3 is 2.29 bits per heavy atom. The summed E-state index contributed by atoms with van der Waals surface area (Å²) >= 11 is 0. The molecule has 13 heteroatoms. The van der Waals surface area contributed by atoms with Gasteiger partial charge in [-0.15, -0.1) is 0 Å². The molecule has 0 saturated carbocycles. The van der Waals surface area contributed by atoms with E-state index in [1.54, 1.807) is 18.3 Å². The lowest BCUT2D eigenvalue weighted by Crippen LogP contribution is -2.44. The first kappa shape index (κ1) is 32.2. The van der Waals surface area contributed by atoms with Gasteiger partial charge in [-0.1, -0.05) is 36.9 Å². The third kappa shape index (κ3) is 8.45. The van der Waals surface area contributed by atoms with E-state index < -0.39 is 23.6 Å². The second-order valence-electron chi connectivity index (χ2n) is 9.90. The van der Waals surface area contributed by atoms with E-state index in [2.05, 4.69) is 32.1 Å². The number of carboxylic acid groups (broad SMARTS) is 2. The average Bonchev–Trinajstić information content (AvgIpc) is 3.03. The fourth-order valence-electron chi connectivity index (χ4n) is 4.50. The number of rotatable bonds is 8. The molecule has 5 rings (SSSR count). The Morgan fingerprint density at radius 1 is 0.933 bits per heavy atom. The van der Waals surface area contributed by atoms with Crippen molar-refractivity contribution in [2.24, 2.45) is 0 Å². The van der Waals surface area contributed by atoms with Crippen molar-refractivity contribution >= 4 is 51.8 Å². The van der Waals surface area contributed by atoms with Crippen molar-refractivity contribution in [2.75, 3.05) is 48.8 Å². The lowest BCUT2D eigenvalue weighted by Gasteiger charge is -2.34. The number of hydrogen-bond donors (Lipinski definition) is 4. The van der Waals surface area contributed by atoms with Gasteiger partial charge in [0, 0.05) is 61.2 Å². The zero-order chi connectivity index (χ0) is 32.5. The Labute approximate surface area is 257 Å². The smallest absolute Gasteiger partial charge is 0.328 e. The van der Waals surface area contributed by atoms with Crippen LogP contribution in [0, 0.1) is 11.6 Å². The first-order chi connectivity index (χ1) is 21.5. The van der Waals surface area contributed by atoms with Crippen molar-refractivity contribution in [2.45, 2.75) is 0 Å². The van der Waals surface area contributed by atoms with Crippen LogP contribution in [0.15, 0.2) is 85.6 Å². The second kappa shape index (κ2) is 14.7. The third-order valence-corrected chi connectivity index (χ3v) is 6.76. The molecule has 0 aliphatic carbocycles. The molecule has 0 unspecified atom stereocenters. The Morgan fingerprint density at radius 2 is 1.62 bits per heavy atom. The predicted molar refractivity (Wildman–Crippen MR) is 168 cm³/mol. The molecule has 1 aromatic heterocycles. The minimum Gasteiger partial charge on any atom is -0.478 e. The van der Waals surface area contributed by atoms with Gasteiger partial charge >= 0.3 is 11.9 Å². The van der Waals surface area contributed by atoms with Crippen LogP contribution in [0.2, 0.25) is 0 Å². The molecule has 4 N–H and O–H groups in total. The highest BCUT2D eigenvalue weighted by Gasteiger charge is 2.22. The number of nitrogens with one attached hydrogen (secondary N) is 2. The predicted octanol–water partition coefficient (Wildman–Crippen LogP) is 4.91. The molecule has 0 atom stereocenters. The van der Waals surface area contributed by atoms with Gasteiger partial charge in [-0.2, -0.15) is 0 Å². The Bertz CT molecular complexity index is 1760. The number of fused-ring (bicyclic) bond motifs is 1. The molecule has 1 saturated heterocycles. The highest BCUT2D eigenvalue weighted by molar-refractivity contribution is 6.00. The van der Waals surface area contributed by atoms with Crippen LogP contribution in [-0.2, 0) is 14.4 Å². The number of aromatic nitrogens is 2. The summed E-state index contributed by atoms with van der Waals surface area (Å²) in [6.45, 7) is 6.32. The van der Waals surface area contributed by atoms with Gasteiger partial charge in [0.1, 0.15) is 0 Å². The molecule has 232 valence electrons. The minimum absolute atomic E-state index is 0.0404. The van der Waals surface area contributed by atoms with Crippen molar-refractivity contribution in [1.29, 1.82) is 0 Å². The summed E-state index contributed by atoms with van der Waals surface area (Å²) in [7, 11) is 2.01. The lowest BCUT2D eigenvalue weighted by molar-refractivity contribution is -0.134. The normalized spacial score (nSPS) is 13.2. The number of anilines is 4. The second-order valence-corrected chi connectivity index (χ2v) is 9.90. The quantitative estimate of drug-likeness (QED) is 0.201. The monoisotopic (exact) mass is 616 g/mol. The average molecular weight is 617 g/mol. The molecule has 11 nitrogen and oxygen atoms in total. The fourth-order valence-corrected chi connectivity index (χ4v) is 4.50. The number of aliphatic carboxylic acids is 2. The number of carbonyl (C=O) groups is 3. The molecule has 2 heterocycles. The van der Waals surface area contributed by atoms with E-state index in [0.29, 0.717) is 36.4 Å². The van der Waals surface area contributed by atoms with Crippen LogP contribution in [0.1, 0.15) is 0 Å². The lowest BCUT2D eigenvalue weighted by atomic mass is 10.0. The third-order valence-electron chi connectivity index (χ3n) is 6.76. The van der Waals surface area contributed by atoms with Gasteiger partial charge in [0.25, 0.3) is 0 Å². The summed E-state index contributed by atoms with van der Waals surface area (Å²) in [6, 6.07) is 16.1. The number of para-hydroxylation sites is 1. The molecule has 1 aliphatic rings. The zero-order valence-corrected chi connectivity index (χ0v) is 24.2. The number of nitrogens with zero attached hydrogens (tertiary/aromatic N) is 4. The van der Waals surface area contributed by atoms with Gasteiger partial charge < -0.3 is 30.6 Å². The van der Waals surface area contributed by atoms with Gasteiger partial charge in [-0.3, -0.25) is 4.79 Å². The number of likely N-dealkylation sites (N-methyl/N-ethyl adjacent to an activating group) is 1. The summed E-state index contributed by atoms with van der Waals surface area (Å²) in [5.41, 5.74) is 3.08. The first-order valence-electron chi connectivity index (χ1n) is 13.7. The maximum Gasteiger partial charge on any atom is 0.328 e. The van der Waals surface area contributed by atoms with Crippen molar-refractivity contribution in [3.05, 3.63) is 97.2 Å². The number of carboxylic acids is 2. The maximum absolute atomic E-state index is 15.0. The molecule has 1 aliphatic heterocycles. The van der Waals surface area contributed by atoms with Crippen molar-refractivity contribution in [3.8, 4) is 11.1 Å². The minimum atomic E-state index is -1.26.